The Labute approximate surface area is 224 Å². The van der Waals surface area contributed by atoms with Gasteiger partial charge in [0.05, 0.1) is 37.1 Å². The van der Waals surface area contributed by atoms with Crippen LogP contribution in [0.1, 0.15) is 32.6 Å². The first kappa shape index (κ1) is 38.7. The zero-order valence-corrected chi connectivity index (χ0v) is 25.9. The maximum absolute atomic E-state index is 11.8. The zero-order chi connectivity index (χ0) is 29.4. The Hall–Kier alpha value is -0.473. The molecule has 0 saturated heterocycles. The van der Waals surface area contributed by atoms with Crippen molar-refractivity contribution >= 4 is 46.6 Å². The number of carbonyl (C=O) groups is 1. The molecule has 0 aromatic heterocycles. The summed E-state index contributed by atoms with van der Waals surface area (Å²) < 4.78 is 98.4. The summed E-state index contributed by atoms with van der Waals surface area (Å²) in [5, 5.41) is 0. The number of halogens is 3. The van der Waals surface area contributed by atoms with Gasteiger partial charge in [-0.1, -0.05) is 13.3 Å². The molecule has 0 amide bonds. The lowest BCUT2D eigenvalue weighted by Crippen LogP contribution is -2.43. The summed E-state index contributed by atoms with van der Waals surface area (Å²) in [6, 6.07) is 0.790. The second kappa shape index (κ2) is 18.0. The lowest BCUT2D eigenvalue weighted by atomic mass is 10.3. The fraction of sp³-hybridized carbons (Fsp3) is 0.947. The molecule has 0 aliphatic carbocycles. The van der Waals surface area contributed by atoms with Crippen molar-refractivity contribution in [3.63, 3.8) is 0 Å². The standard InChI is InChI=1S/C17H38NO5SSi.C2H3F3NO4S2/c1-7-8-11-18(2,3)12-13-23-17(19)10-15-24-14-9-16-25(20-4,21-5)22-6;1-11(7,8)6-12(9,10)2(3,4)5/h7-16H2,1-6H3;1H3/q+1;-1. The summed E-state index contributed by atoms with van der Waals surface area (Å²) in [7, 11) is -3.66. The number of unbranched alkanes of at least 4 members (excludes halogenated alkanes) is 1. The number of esters is 1. The summed E-state index contributed by atoms with van der Waals surface area (Å²) in [6.07, 6.45) is 4.06. The predicted molar refractivity (Wildman–Crippen MR) is 139 cm³/mol. The molecule has 0 N–H and O–H groups in total. The van der Waals surface area contributed by atoms with Crippen molar-refractivity contribution in [2.45, 2.75) is 44.2 Å². The number of alkyl halides is 3. The molecule has 0 aromatic rings. The van der Waals surface area contributed by atoms with Gasteiger partial charge in [-0.05, 0) is 18.6 Å². The largest absolute Gasteiger partial charge is 0.500 e. The molecule has 0 atom stereocenters. The van der Waals surface area contributed by atoms with Crippen molar-refractivity contribution in [2.24, 2.45) is 0 Å². The van der Waals surface area contributed by atoms with E-state index in [1.54, 1.807) is 37.2 Å². The van der Waals surface area contributed by atoms with Gasteiger partial charge in [0.15, 0.2) is 10.0 Å². The molecule has 0 radical (unpaired) electrons. The predicted octanol–water partition coefficient (Wildman–Crippen LogP) is 2.97. The monoisotopic (exact) mass is 622 g/mol. The van der Waals surface area contributed by atoms with E-state index in [4.69, 9.17) is 18.0 Å². The van der Waals surface area contributed by atoms with E-state index in [0.717, 1.165) is 41.5 Å². The second-order valence-electron chi connectivity index (χ2n) is 8.45. The third-order valence-electron chi connectivity index (χ3n) is 4.76. The topological polar surface area (TPSA) is 136 Å². The van der Waals surface area contributed by atoms with Gasteiger partial charge in [0.1, 0.15) is 13.2 Å². The number of thioether (sulfide) groups is 1. The number of sulfonamides is 2. The molecule has 0 unspecified atom stereocenters. The molecular weight excluding hydrogens is 581 g/mol. The van der Waals surface area contributed by atoms with Crippen molar-refractivity contribution in [3.05, 3.63) is 4.13 Å². The number of likely N-dealkylation sites (N-methyl/N-ethyl adjacent to an activating group) is 1. The minimum absolute atomic E-state index is 0.0996. The normalized spacial score (nSPS) is 13.1. The number of ether oxygens (including phenoxy) is 1. The molecule has 0 aliphatic heterocycles. The zero-order valence-electron chi connectivity index (χ0n) is 22.5. The molecule has 0 aliphatic rings. The molecule has 0 bridgehead atoms. The van der Waals surface area contributed by atoms with Crippen LogP contribution < -0.4 is 0 Å². The Morgan fingerprint density at radius 1 is 0.973 bits per heavy atom. The van der Waals surface area contributed by atoms with Crippen molar-refractivity contribution in [1.82, 2.24) is 0 Å². The van der Waals surface area contributed by atoms with Crippen LogP contribution in [0.2, 0.25) is 6.04 Å². The Bertz CT molecular complexity index is 846. The lowest BCUT2D eigenvalue weighted by molar-refractivity contribution is -0.890. The van der Waals surface area contributed by atoms with E-state index in [2.05, 4.69) is 21.0 Å². The van der Waals surface area contributed by atoms with E-state index in [1.165, 1.54) is 12.8 Å². The Kier molecular flexibility index (Phi) is 18.8. The van der Waals surface area contributed by atoms with Gasteiger partial charge in [-0.3, -0.25) is 4.79 Å². The third-order valence-corrected chi connectivity index (χ3v) is 11.1. The molecule has 11 nitrogen and oxygen atoms in total. The van der Waals surface area contributed by atoms with Crippen molar-refractivity contribution in [3.8, 4) is 0 Å². The number of hydrogen-bond acceptors (Lipinski definition) is 10. The van der Waals surface area contributed by atoms with Gasteiger partial charge >= 0.3 is 20.3 Å². The molecule has 0 spiro atoms. The van der Waals surface area contributed by atoms with Gasteiger partial charge in [0.25, 0.3) is 0 Å². The van der Waals surface area contributed by atoms with E-state index in [1.807, 2.05) is 0 Å². The van der Waals surface area contributed by atoms with Gasteiger partial charge in [0.2, 0.25) is 0 Å². The van der Waals surface area contributed by atoms with Crippen LogP contribution in [-0.2, 0) is 42.9 Å². The fourth-order valence-corrected chi connectivity index (χ4v) is 7.21. The average molecular weight is 623 g/mol. The number of quaternary nitrogens is 1. The van der Waals surface area contributed by atoms with Crippen LogP contribution in [0.4, 0.5) is 13.2 Å². The van der Waals surface area contributed by atoms with Crippen LogP contribution >= 0.6 is 11.8 Å². The summed E-state index contributed by atoms with van der Waals surface area (Å²) in [4.78, 5) is 11.8. The fourth-order valence-electron chi connectivity index (χ4n) is 2.60. The Balaban J connectivity index is 0. The van der Waals surface area contributed by atoms with Gasteiger partial charge < -0.3 is 26.6 Å². The number of nitrogens with zero attached hydrogens (tertiary/aromatic N) is 2. The van der Waals surface area contributed by atoms with Gasteiger partial charge in [-0.2, -0.15) is 24.9 Å². The molecule has 18 heteroatoms. The van der Waals surface area contributed by atoms with Crippen LogP contribution in [0.15, 0.2) is 0 Å². The maximum atomic E-state index is 11.8. The molecule has 0 aromatic carbocycles. The van der Waals surface area contributed by atoms with E-state index in [-0.39, 0.29) is 12.2 Å². The third kappa shape index (κ3) is 19.3. The van der Waals surface area contributed by atoms with E-state index < -0.39 is 34.4 Å². The average Bonchev–Trinajstić information content (AvgIpc) is 2.76. The van der Waals surface area contributed by atoms with Crippen molar-refractivity contribution in [2.75, 3.05) is 72.9 Å². The highest BCUT2D eigenvalue weighted by atomic mass is 32.3. The van der Waals surface area contributed by atoms with Gasteiger partial charge in [-0.15, -0.1) is 0 Å². The number of hydrogen-bond donors (Lipinski definition) is 0. The van der Waals surface area contributed by atoms with Crippen molar-refractivity contribution < 1.29 is 57.3 Å². The van der Waals surface area contributed by atoms with Crippen LogP contribution in [0.25, 0.3) is 4.13 Å². The first-order chi connectivity index (χ1) is 16.8. The minimum Gasteiger partial charge on any atom is -0.460 e. The quantitative estimate of drug-likeness (QED) is 0.0971. The smallest absolute Gasteiger partial charge is 0.460 e. The van der Waals surface area contributed by atoms with Crippen LogP contribution in [0.5, 0.6) is 0 Å². The first-order valence-corrected chi connectivity index (χ1v) is 17.6. The van der Waals surface area contributed by atoms with E-state index in [0.29, 0.717) is 13.0 Å². The van der Waals surface area contributed by atoms with Crippen LogP contribution in [-0.4, -0.2) is 114 Å². The molecule has 0 fully saturated rings. The molecule has 0 saturated carbocycles. The van der Waals surface area contributed by atoms with Crippen LogP contribution in [0, 0.1) is 0 Å². The van der Waals surface area contributed by atoms with Crippen molar-refractivity contribution in [1.29, 1.82) is 0 Å². The lowest BCUT2D eigenvalue weighted by Gasteiger charge is -2.29. The molecule has 0 heterocycles. The number of carbonyl (C=O) groups excluding carboxylic acids is 1. The second-order valence-corrected chi connectivity index (χ2v) is 16.2. The highest BCUT2D eigenvalue weighted by Crippen LogP contribution is 2.29. The van der Waals surface area contributed by atoms with Gasteiger partial charge in [0, 0.05) is 39.4 Å². The summed E-state index contributed by atoms with van der Waals surface area (Å²) in [6.45, 7) is 4.69. The SMILES string of the molecule is CCCC[N+](C)(C)CCOC(=O)CCSCCC[Si](OC)(OC)OC.CS(=O)(=O)[N-]S(=O)(=O)C(F)(F)F. The van der Waals surface area contributed by atoms with Crippen LogP contribution in [0.3, 0.4) is 0 Å². The highest BCUT2D eigenvalue weighted by Gasteiger charge is 2.40. The van der Waals surface area contributed by atoms with E-state index >= 15 is 0 Å². The summed E-state index contributed by atoms with van der Waals surface area (Å²) >= 11 is 1.75. The maximum Gasteiger partial charge on any atom is 0.500 e. The molecular formula is C19H41F3N2O9S3Si. The summed E-state index contributed by atoms with van der Waals surface area (Å²) in [5.41, 5.74) is -5.67. The minimum atomic E-state index is -5.92. The molecule has 37 heavy (non-hydrogen) atoms. The molecule has 0 rings (SSSR count). The number of rotatable bonds is 18. The highest BCUT2D eigenvalue weighted by molar-refractivity contribution is 8.12. The Morgan fingerprint density at radius 2 is 1.51 bits per heavy atom. The summed E-state index contributed by atoms with van der Waals surface area (Å²) in [5.74, 6) is 1.64. The first-order valence-electron chi connectivity index (χ1n) is 11.3. The Morgan fingerprint density at radius 3 is 1.92 bits per heavy atom. The van der Waals surface area contributed by atoms with Gasteiger partial charge in [-0.25, -0.2) is 16.8 Å². The van der Waals surface area contributed by atoms with E-state index in [9.17, 15) is 34.8 Å². The molecule has 224 valence electrons.